The van der Waals surface area contributed by atoms with Crippen molar-refractivity contribution in [3.8, 4) is 5.88 Å². The van der Waals surface area contributed by atoms with E-state index in [0.29, 0.717) is 17.7 Å². The molecule has 0 amide bonds. The van der Waals surface area contributed by atoms with E-state index in [0.717, 1.165) is 44.8 Å². The highest BCUT2D eigenvalue weighted by molar-refractivity contribution is 5.32. The minimum atomic E-state index is 0.122. The van der Waals surface area contributed by atoms with Gasteiger partial charge in [-0.1, -0.05) is 12.1 Å². The minimum Gasteiger partial charge on any atom is -0.481 e. The van der Waals surface area contributed by atoms with Gasteiger partial charge < -0.3 is 14.2 Å². The zero-order valence-corrected chi connectivity index (χ0v) is 14.5. The van der Waals surface area contributed by atoms with Gasteiger partial charge in [-0.15, -0.1) is 0 Å². The fraction of sp³-hybridized carbons (Fsp3) is 0.625. The second-order valence-corrected chi connectivity index (χ2v) is 5.90. The molecule has 3 rings (SSSR count). The van der Waals surface area contributed by atoms with Gasteiger partial charge in [-0.25, -0.2) is 4.98 Å². The molecule has 24 heavy (non-hydrogen) atoms. The highest BCUT2D eigenvalue weighted by Crippen LogP contribution is 2.22. The maximum absolute atomic E-state index is 5.42. The normalized spacial score (nSPS) is 17.0. The Morgan fingerprint density at radius 2 is 2.04 bits per heavy atom. The number of nitrogens with zero attached hydrogens (tertiary/aromatic N) is 6. The summed E-state index contributed by atoms with van der Waals surface area (Å²) in [7, 11) is 1.61. The lowest BCUT2D eigenvalue weighted by Gasteiger charge is -2.36. The summed E-state index contributed by atoms with van der Waals surface area (Å²) in [6.07, 6.45) is 3.60. The Balaban J connectivity index is 1.59. The second-order valence-electron chi connectivity index (χ2n) is 5.90. The minimum absolute atomic E-state index is 0.122. The van der Waals surface area contributed by atoms with E-state index >= 15 is 0 Å². The van der Waals surface area contributed by atoms with Crippen molar-refractivity contribution in [3.63, 3.8) is 0 Å². The molecule has 1 atom stereocenters. The van der Waals surface area contributed by atoms with Crippen molar-refractivity contribution < 1.29 is 9.26 Å². The monoisotopic (exact) mass is 332 g/mol. The predicted octanol–water partition coefficient (Wildman–Crippen LogP) is 1.70. The van der Waals surface area contributed by atoms with Crippen molar-refractivity contribution in [3.05, 3.63) is 24.0 Å². The third-order valence-electron chi connectivity index (χ3n) is 4.29. The molecule has 0 N–H and O–H groups in total. The van der Waals surface area contributed by atoms with Crippen LogP contribution in [0.2, 0.25) is 0 Å². The molecule has 3 heterocycles. The van der Waals surface area contributed by atoms with Crippen molar-refractivity contribution in [2.75, 3.05) is 38.2 Å². The lowest BCUT2D eigenvalue weighted by Crippen LogP contribution is -2.47. The first-order valence-corrected chi connectivity index (χ1v) is 8.39. The van der Waals surface area contributed by atoms with Gasteiger partial charge in [-0.05, 0) is 13.3 Å². The Bertz CT molecular complexity index is 654. The number of rotatable bonds is 6. The maximum Gasteiger partial charge on any atom is 0.243 e. The zero-order chi connectivity index (χ0) is 16.9. The van der Waals surface area contributed by atoms with E-state index in [4.69, 9.17) is 9.26 Å². The maximum atomic E-state index is 5.42. The Morgan fingerprint density at radius 1 is 1.25 bits per heavy atom. The summed E-state index contributed by atoms with van der Waals surface area (Å²) in [4.78, 5) is 17.8. The lowest BCUT2D eigenvalue weighted by atomic mass is 10.2. The van der Waals surface area contributed by atoms with Crippen molar-refractivity contribution in [1.82, 2.24) is 25.0 Å². The number of aryl methyl sites for hydroxylation is 1. The third kappa shape index (κ3) is 3.64. The average Bonchev–Trinajstić information content (AvgIpc) is 3.10. The van der Waals surface area contributed by atoms with E-state index in [9.17, 15) is 0 Å². The van der Waals surface area contributed by atoms with Crippen LogP contribution in [0.3, 0.4) is 0 Å². The van der Waals surface area contributed by atoms with Gasteiger partial charge in [0.25, 0.3) is 0 Å². The van der Waals surface area contributed by atoms with E-state index in [1.54, 1.807) is 19.4 Å². The zero-order valence-electron chi connectivity index (χ0n) is 14.5. The van der Waals surface area contributed by atoms with E-state index in [1.165, 1.54) is 0 Å². The molecule has 1 aliphatic heterocycles. The Labute approximate surface area is 141 Å². The van der Waals surface area contributed by atoms with Gasteiger partial charge in [-0.3, -0.25) is 4.90 Å². The van der Waals surface area contributed by atoms with Crippen LogP contribution in [0.1, 0.15) is 38.0 Å². The number of methoxy groups -OCH3 is 1. The Kier molecular flexibility index (Phi) is 5.24. The van der Waals surface area contributed by atoms with Gasteiger partial charge in [-0.2, -0.15) is 9.97 Å². The molecule has 0 aromatic carbocycles. The summed E-state index contributed by atoms with van der Waals surface area (Å²) in [5.74, 6) is 2.79. The largest absolute Gasteiger partial charge is 0.481 e. The molecule has 8 nitrogen and oxygen atoms in total. The average molecular weight is 332 g/mol. The molecule has 0 bridgehead atoms. The van der Waals surface area contributed by atoms with E-state index in [-0.39, 0.29) is 6.04 Å². The van der Waals surface area contributed by atoms with Gasteiger partial charge in [0.2, 0.25) is 17.7 Å². The number of hydrogen-bond acceptors (Lipinski definition) is 8. The summed E-state index contributed by atoms with van der Waals surface area (Å²) >= 11 is 0. The molecule has 2 aromatic rings. The quantitative estimate of drug-likeness (QED) is 0.791. The smallest absolute Gasteiger partial charge is 0.243 e. The SMILES string of the molecule is CCCc1noc([C@@H](C)N2CCN(c3nccc(OC)n3)CC2)n1. The topological polar surface area (TPSA) is 80.4 Å². The Hall–Kier alpha value is -2.22. The van der Waals surface area contributed by atoms with Gasteiger partial charge in [0.1, 0.15) is 0 Å². The number of hydrogen-bond donors (Lipinski definition) is 0. The first-order valence-electron chi connectivity index (χ1n) is 8.39. The predicted molar refractivity (Wildman–Crippen MR) is 89.1 cm³/mol. The fourth-order valence-electron chi connectivity index (χ4n) is 2.83. The first kappa shape index (κ1) is 16.6. The number of aromatic nitrogens is 4. The van der Waals surface area contributed by atoms with Crippen LogP contribution in [0.4, 0.5) is 5.95 Å². The molecule has 130 valence electrons. The number of anilines is 1. The molecule has 0 unspecified atom stereocenters. The molecular weight excluding hydrogens is 308 g/mol. The first-order chi connectivity index (χ1) is 11.7. The van der Waals surface area contributed by atoms with Gasteiger partial charge in [0, 0.05) is 44.9 Å². The fourth-order valence-corrected chi connectivity index (χ4v) is 2.83. The number of piperazine rings is 1. The van der Waals surface area contributed by atoms with E-state index < -0.39 is 0 Å². The van der Waals surface area contributed by atoms with Crippen molar-refractivity contribution >= 4 is 5.95 Å². The van der Waals surface area contributed by atoms with Crippen LogP contribution >= 0.6 is 0 Å². The highest BCUT2D eigenvalue weighted by atomic mass is 16.5. The molecular formula is C16H24N6O2. The second kappa shape index (κ2) is 7.57. The molecule has 0 radical (unpaired) electrons. The van der Waals surface area contributed by atoms with E-state index in [2.05, 4.69) is 43.8 Å². The van der Waals surface area contributed by atoms with Gasteiger partial charge >= 0.3 is 0 Å². The van der Waals surface area contributed by atoms with Crippen LogP contribution in [0.15, 0.2) is 16.8 Å². The number of ether oxygens (including phenoxy) is 1. The molecule has 0 saturated carbocycles. The molecule has 0 aliphatic carbocycles. The summed E-state index contributed by atoms with van der Waals surface area (Å²) in [6.45, 7) is 7.72. The van der Waals surface area contributed by atoms with Crippen LogP contribution in [-0.2, 0) is 6.42 Å². The van der Waals surface area contributed by atoms with Crippen LogP contribution < -0.4 is 9.64 Å². The van der Waals surface area contributed by atoms with Crippen LogP contribution in [-0.4, -0.2) is 58.3 Å². The van der Waals surface area contributed by atoms with Crippen LogP contribution in [0.5, 0.6) is 5.88 Å². The molecule has 1 fully saturated rings. The standard InChI is InChI=1S/C16H24N6O2/c1-4-5-13-18-15(24-20-13)12(2)21-8-10-22(11-9-21)16-17-7-6-14(19-16)23-3/h6-7,12H,4-5,8-11H2,1-3H3/t12-/m1/s1. The van der Waals surface area contributed by atoms with Crippen LogP contribution in [0, 0.1) is 0 Å². The van der Waals surface area contributed by atoms with Crippen molar-refractivity contribution in [1.29, 1.82) is 0 Å². The molecule has 2 aromatic heterocycles. The van der Waals surface area contributed by atoms with E-state index in [1.807, 2.05) is 0 Å². The van der Waals surface area contributed by atoms with Crippen molar-refractivity contribution in [2.45, 2.75) is 32.7 Å². The third-order valence-corrected chi connectivity index (χ3v) is 4.29. The molecule has 1 aliphatic rings. The molecule has 1 saturated heterocycles. The summed E-state index contributed by atoms with van der Waals surface area (Å²) < 4.78 is 10.6. The summed E-state index contributed by atoms with van der Waals surface area (Å²) in [5.41, 5.74) is 0. The lowest BCUT2D eigenvalue weighted by molar-refractivity contribution is 0.163. The van der Waals surface area contributed by atoms with Gasteiger partial charge in [0.15, 0.2) is 5.82 Å². The summed E-state index contributed by atoms with van der Waals surface area (Å²) in [6, 6.07) is 1.88. The highest BCUT2D eigenvalue weighted by Gasteiger charge is 2.26. The van der Waals surface area contributed by atoms with Gasteiger partial charge in [0.05, 0.1) is 13.2 Å². The molecule has 8 heteroatoms. The Morgan fingerprint density at radius 3 is 2.75 bits per heavy atom. The van der Waals surface area contributed by atoms with Crippen molar-refractivity contribution in [2.24, 2.45) is 0 Å². The summed E-state index contributed by atoms with van der Waals surface area (Å²) in [5, 5.41) is 4.05. The van der Waals surface area contributed by atoms with Crippen LogP contribution in [0.25, 0.3) is 0 Å². The molecule has 0 spiro atoms.